The minimum atomic E-state index is -0.910. The summed E-state index contributed by atoms with van der Waals surface area (Å²) >= 11 is 0. The van der Waals surface area contributed by atoms with E-state index in [1.165, 1.54) is 18.2 Å². The minimum absolute atomic E-state index is 0.0547. The molecule has 0 amide bonds. The number of carboxylic acids is 1. The van der Waals surface area contributed by atoms with E-state index in [4.69, 9.17) is 5.11 Å². The molecule has 0 radical (unpaired) electrons. The summed E-state index contributed by atoms with van der Waals surface area (Å²) in [4.78, 5) is 12.8. The van der Waals surface area contributed by atoms with Crippen LogP contribution in [0.15, 0.2) is 18.2 Å². The van der Waals surface area contributed by atoms with Crippen LogP contribution in [-0.2, 0) is 4.79 Å². The lowest BCUT2D eigenvalue weighted by atomic mass is 10.0. The number of carboxylic acid groups (broad SMARTS) is 1. The monoisotopic (exact) mass is 267 g/mol. The molecule has 5 nitrogen and oxygen atoms in total. The van der Waals surface area contributed by atoms with E-state index in [1.807, 2.05) is 20.8 Å². The number of phenolic OH excluding ortho intramolecular Hbond substituents is 2. The van der Waals surface area contributed by atoms with Crippen molar-refractivity contribution in [2.24, 2.45) is 0 Å². The summed E-state index contributed by atoms with van der Waals surface area (Å²) in [6.07, 6.45) is 0.803. The molecule has 0 aliphatic carbocycles. The Morgan fingerprint density at radius 3 is 2.47 bits per heavy atom. The van der Waals surface area contributed by atoms with Crippen LogP contribution < -0.4 is 0 Å². The molecule has 3 N–H and O–H groups in total. The van der Waals surface area contributed by atoms with Crippen LogP contribution in [-0.4, -0.2) is 38.8 Å². The first kappa shape index (κ1) is 15.3. The Kier molecular flexibility index (Phi) is 5.18. The molecule has 0 aliphatic heterocycles. The zero-order valence-electron chi connectivity index (χ0n) is 11.5. The molecular weight excluding hydrogens is 246 g/mol. The molecule has 0 aliphatic rings. The number of nitrogens with zero attached hydrogens (tertiary/aromatic N) is 1. The van der Waals surface area contributed by atoms with E-state index in [9.17, 15) is 15.0 Å². The van der Waals surface area contributed by atoms with Crippen molar-refractivity contribution < 1.29 is 20.1 Å². The first-order valence-corrected chi connectivity index (χ1v) is 6.36. The van der Waals surface area contributed by atoms with Crippen LogP contribution in [0.3, 0.4) is 0 Å². The Hall–Kier alpha value is -1.75. The van der Waals surface area contributed by atoms with E-state index >= 15 is 0 Å². The molecular formula is C14H21NO4. The van der Waals surface area contributed by atoms with Crippen LogP contribution in [0.5, 0.6) is 11.5 Å². The highest BCUT2D eigenvalue weighted by Gasteiger charge is 2.24. The molecule has 0 saturated heterocycles. The van der Waals surface area contributed by atoms with Crippen molar-refractivity contribution >= 4 is 5.97 Å². The third-order valence-corrected chi connectivity index (χ3v) is 3.43. The lowest BCUT2D eigenvalue weighted by Crippen LogP contribution is -2.39. The first-order valence-electron chi connectivity index (χ1n) is 6.36. The molecule has 19 heavy (non-hydrogen) atoms. The molecule has 0 bridgehead atoms. The Morgan fingerprint density at radius 1 is 1.32 bits per heavy atom. The van der Waals surface area contributed by atoms with Crippen molar-refractivity contribution in [1.82, 2.24) is 4.90 Å². The standard InChI is InChI=1S/C14H21NO4/c1-4-9(2)15(8-14(18)19)10(3)12-7-11(16)5-6-13(12)17/h5-7,9-10,16-17H,4,8H2,1-3H3,(H,18,19). The second kappa shape index (κ2) is 6.43. The fourth-order valence-electron chi connectivity index (χ4n) is 2.12. The Morgan fingerprint density at radius 2 is 1.95 bits per heavy atom. The highest BCUT2D eigenvalue weighted by Crippen LogP contribution is 2.32. The second-order valence-corrected chi connectivity index (χ2v) is 4.74. The van der Waals surface area contributed by atoms with Crippen molar-refractivity contribution in [2.45, 2.75) is 39.3 Å². The van der Waals surface area contributed by atoms with Gasteiger partial charge in [0.1, 0.15) is 11.5 Å². The molecule has 1 aromatic carbocycles. The highest BCUT2D eigenvalue weighted by atomic mass is 16.4. The molecule has 1 rings (SSSR count). The number of hydrogen-bond acceptors (Lipinski definition) is 4. The van der Waals surface area contributed by atoms with Gasteiger partial charge in [0, 0.05) is 17.6 Å². The normalized spacial score (nSPS) is 14.3. The minimum Gasteiger partial charge on any atom is -0.508 e. The van der Waals surface area contributed by atoms with Gasteiger partial charge in [0.15, 0.2) is 0 Å². The van der Waals surface area contributed by atoms with E-state index in [0.717, 1.165) is 6.42 Å². The van der Waals surface area contributed by atoms with Gasteiger partial charge in [0.05, 0.1) is 6.54 Å². The van der Waals surface area contributed by atoms with E-state index in [-0.39, 0.29) is 30.1 Å². The smallest absolute Gasteiger partial charge is 0.317 e. The molecule has 106 valence electrons. The predicted molar refractivity (Wildman–Crippen MR) is 72.3 cm³/mol. The van der Waals surface area contributed by atoms with Crippen molar-refractivity contribution in [3.05, 3.63) is 23.8 Å². The second-order valence-electron chi connectivity index (χ2n) is 4.74. The van der Waals surface area contributed by atoms with E-state index in [1.54, 1.807) is 4.90 Å². The van der Waals surface area contributed by atoms with Crippen LogP contribution in [0, 0.1) is 0 Å². The van der Waals surface area contributed by atoms with Gasteiger partial charge in [-0.25, -0.2) is 0 Å². The van der Waals surface area contributed by atoms with Gasteiger partial charge in [-0.2, -0.15) is 0 Å². The van der Waals surface area contributed by atoms with Crippen LogP contribution in [0.2, 0.25) is 0 Å². The van der Waals surface area contributed by atoms with Crippen molar-refractivity contribution in [1.29, 1.82) is 0 Å². The molecule has 1 aromatic rings. The Balaban J connectivity index is 3.07. The van der Waals surface area contributed by atoms with Crippen molar-refractivity contribution in [3.8, 4) is 11.5 Å². The largest absolute Gasteiger partial charge is 0.508 e. The van der Waals surface area contributed by atoms with Crippen LogP contribution >= 0.6 is 0 Å². The summed E-state index contributed by atoms with van der Waals surface area (Å²) in [7, 11) is 0. The van der Waals surface area contributed by atoms with Gasteiger partial charge in [-0.3, -0.25) is 9.69 Å². The zero-order chi connectivity index (χ0) is 14.6. The average molecular weight is 267 g/mol. The third-order valence-electron chi connectivity index (χ3n) is 3.43. The molecule has 0 spiro atoms. The number of phenols is 2. The highest BCUT2D eigenvalue weighted by molar-refractivity contribution is 5.69. The third kappa shape index (κ3) is 3.86. The number of aromatic hydroxyl groups is 2. The van der Waals surface area contributed by atoms with Gasteiger partial charge in [0.2, 0.25) is 0 Å². The van der Waals surface area contributed by atoms with Gasteiger partial charge in [-0.1, -0.05) is 6.92 Å². The SMILES string of the molecule is CCC(C)N(CC(=O)O)C(C)c1cc(O)ccc1O. The van der Waals surface area contributed by atoms with Gasteiger partial charge in [0.25, 0.3) is 0 Å². The molecule has 0 saturated carbocycles. The summed E-state index contributed by atoms with van der Waals surface area (Å²) in [5.41, 5.74) is 0.529. The molecule has 0 fully saturated rings. The molecule has 2 unspecified atom stereocenters. The summed E-state index contributed by atoms with van der Waals surface area (Å²) in [5.74, 6) is -0.796. The van der Waals surface area contributed by atoms with Crippen LogP contribution in [0.1, 0.15) is 38.8 Å². The molecule has 0 aromatic heterocycles. The Bertz CT molecular complexity index is 447. The average Bonchev–Trinajstić information content (AvgIpc) is 2.37. The molecule has 0 heterocycles. The lowest BCUT2D eigenvalue weighted by Gasteiger charge is -2.33. The van der Waals surface area contributed by atoms with E-state index in [0.29, 0.717) is 5.56 Å². The fourth-order valence-corrected chi connectivity index (χ4v) is 2.12. The van der Waals surface area contributed by atoms with Gasteiger partial charge in [-0.15, -0.1) is 0 Å². The first-order chi connectivity index (χ1) is 8.86. The number of carbonyl (C=O) groups is 1. The topological polar surface area (TPSA) is 81.0 Å². The number of benzene rings is 1. The predicted octanol–water partition coefficient (Wildman–Crippen LogP) is 2.34. The maximum atomic E-state index is 11.0. The molecule has 5 heteroatoms. The van der Waals surface area contributed by atoms with E-state index in [2.05, 4.69) is 0 Å². The number of rotatable bonds is 6. The summed E-state index contributed by atoms with van der Waals surface area (Å²) in [5, 5.41) is 28.4. The number of hydrogen-bond donors (Lipinski definition) is 3. The maximum absolute atomic E-state index is 11.0. The van der Waals surface area contributed by atoms with E-state index < -0.39 is 5.97 Å². The van der Waals surface area contributed by atoms with Gasteiger partial charge < -0.3 is 15.3 Å². The zero-order valence-corrected chi connectivity index (χ0v) is 11.5. The van der Waals surface area contributed by atoms with Gasteiger partial charge >= 0.3 is 5.97 Å². The summed E-state index contributed by atoms with van der Waals surface area (Å²) in [6, 6.07) is 4.05. The lowest BCUT2D eigenvalue weighted by molar-refractivity contribution is -0.139. The quantitative estimate of drug-likeness (QED) is 0.689. The molecule has 2 atom stereocenters. The van der Waals surface area contributed by atoms with Crippen molar-refractivity contribution in [2.75, 3.05) is 6.54 Å². The fraction of sp³-hybridized carbons (Fsp3) is 0.500. The van der Waals surface area contributed by atoms with Gasteiger partial charge in [-0.05, 0) is 38.5 Å². The Labute approximate surface area is 113 Å². The van der Waals surface area contributed by atoms with Crippen LogP contribution in [0.25, 0.3) is 0 Å². The summed E-state index contributed by atoms with van der Waals surface area (Å²) in [6.45, 7) is 5.64. The van der Waals surface area contributed by atoms with Crippen molar-refractivity contribution in [3.63, 3.8) is 0 Å². The number of aliphatic carboxylic acids is 1. The van der Waals surface area contributed by atoms with Crippen LogP contribution in [0.4, 0.5) is 0 Å². The maximum Gasteiger partial charge on any atom is 0.317 e. The summed E-state index contributed by atoms with van der Waals surface area (Å²) < 4.78 is 0.